The van der Waals surface area contributed by atoms with Crippen LogP contribution in [0.5, 0.6) is 0 Å². The fourth-order valence-corrected chi connectivity index (χ4v) is 2.53. The Morgan fingerprint density at radius 3 is 2.80 bits per heavy atom. The molecule has 108 valence electrons. The van der Waals surface area contributed by atoms with Gasteiger partial charge in [0.25, 0.3) is 5.91 Å². The van der Waals surface area contributed by atoms with Crippen LogP contribution in [0.2, 0.25) is 0 Å². The van der Waals surface area contributed by atoms with Crippen molar-refractivity contribution >= 4 is 17.7 Å². The van der Waals surface area contributed by atoms with E-state index in [4.69, 9.17) is 5.26 Å². The lowest BCUT2D eigenvalue weighted by atomic mass is 10.1. The lowest BCUT2D eigenvalue weighted by Crippen LogP contribution is -2.33. The van der Waals surface area contributed by atoms with Crippen molar-refractivity contribution in [3.05, 3.63) is 29.8 Å². The molecule has 1 aromatic rings. The molecule has 0 fully saturated rings. The Balaban J connectivity index is 2.61. The number of hydrogen-bond acceptors (Lipinski definition) is 4. The maximum Gasteiger partial charge on any atom is 0.252 e. The van der Waals surface area contributed by atoms with Crippen molar-refractivity contribution in [2.45, 2.75) is 31.3 Å². The van der Waals surface area contributed by atoms with E-state index < -0.39 is 6.10 Å². The average molecular weight is 292 g/mol. The quantitative estimate of drug-likeness (QED) is 0.757. The number of nitriles is 1. The number of hydrogen-bond donors (Lipinski definition) is 2. The summed E-state index contributed by atoms with van der Waals surface area (Å²) in [6.45, 7) is 4.30. The molecule has 1 unspecified atom stereocenters. The summed E-state index contributed by atoms with van der Waals surface area (Å²) in [5.41, 5.74) is 0.546. The fourth-order valence-electron chi connectivity index (χ4n) is 1.82. The van der Waals surface area contributed by atoms with Gasteiger partial charge in [0.05, 0.1) is 23.5 Å². The molecule has 2 N–H and O–H groups in total. The summed E-state index contributed by atoms with van der Waals surface area (Å²) in [7, 11) is 0. The Kier molecular flexibility index (Phi) is 7.13. The maximum absolute atomic E-state index is 12.1. The van der Waals surface area contributed by atoms with E-state index in [0.29, 0.717) is 23.7 Å². The van der Waals surface area contributed by atoms with E-state index in [-0.39, 0.29) is 12.5 Å². The van der Waals surface area contributed by atoms with E-state index in [1.165, 1.54) is 11.8 Å². The number of rotatable bonds is 7. The summed E-state index contributed by atoms with van der Waals surface area (Å²) >= 11 is 1.34. The smallest absolute Gasteiger partial charge is 0.252 e. The Bertz CT molecular complexity index is 483. The molecule has 1 amide bonds. The van der Waals surface area contributed by atoms with Crippen molar-refractivity contribution < 1.29 is 9.90 Å². The zero-order valence-corrected chi connectivity index (χ0v) is 12.6. The van der Waals surface area contributed by atoms with Crippen molar-refractivity contribution in [2.75, 3.05) is 12.3 Å². The molecule has 0 aliphatic carbocycles. The Labute approximate surface area is 124 Å². The third-order valence-electron chi connectivity index (χ3n) is 2.67. The van der Waals surface area contributed by atoms with E-state index in [9.17, 15) is 9.90 Å². The molecule has 0 aliphatic rings. The Morgan fingerprint density at radius 2 is 2.15 bits per heavy atom. The first kappa shape index (κ1) is 16.5. The predicted molar refractivity (Wildman–Crippen MR) is 80.6 cm³/mol. The standard InChI is InChI=1S/C15H20N2O2S/c1-11(2)9-12(18)10-17-15(19)13-5-3-4-6-14(13)20-8-7-16/h3-6,11-12,18H,8-10H2,1-2H3,(H,17,19). The van der Waals surface area contributed by atoms with E-state index in [1.807, 2.05) is 32.0 Å². The number of carbonyl (C=O) groups excluding carboxylic acids is 1. The van der Waals surface area contributed by atoms with Crippen molar-refractivity contribution in [1.82, 2.24) is 5.32 Å². The van der Waals surface area contributed by atoms with Crippen molar-refractivity contribution in [2.24, 2.45) is 5.92 Å². The van der Waals surface area contributed by atoms with Crippen LogP contribution < -0.4 is 5.32 Å². The van der Waals surface area contributed by atoms with Crippen LogP contribution >= 0.6 is 11.8 Å². The van der Waals surface area contributed by atoms with Crippen LogP contribution in [0.25, 0.3) is 0 Å². The normalized spacial score (nSPS) is 11.9. The van der Waals surface area contributed by atoms with Crippen LogP contribution in [0.1, 0.15) is 30.6 Å². The lowest BCUT2D eigenvalue weighted by molar-refractivity contribution is 0.0897. The summed E-state index contributed by atoms with van der Waals surface area (Å²) in [6, 6.07) is 9.22. The van der Waals surface area contributed by atoms with Crippen LogP contribution in [0, 0.1) is 17.2 Å². The summed E-state index contributed by atoms with van der Waals surface area (Å²) in [5, 5.41) is 21.1. The topological polar surface area (TPSA) is 73.1 Å². The van der Waals surface area contributed by atoms with Gasteiger partial charge in [-0.25, -0.2) is 0 Å². The van der Waals surface area contributed by atoms with E-state index in [2.05, 4.69) is 5.32 Å². The Morgan fingerprint density at radius 1 is 1.45 bits per heavy atom. The molecule has 1 aromatic carbocycles. The highest BCUT2D eigenvalue weighted by atomic mass is 32.2. The molecule has 0 spiro atoms. The molecule has 1 atom stereocenters. The molecule has 5 heteroatoms. The van der Waals surface area contributed by atoms with E-state index in [1.54, 1.807) is 12.1 Å². The number of carbonyl (C=O) groups is 1. The van der Waals surface area contributed by atoms with Gasteiger partial charge >= 0.3 is 0 Å². The van der Waals surface area contributed by atoms with Crippen molar-refractivity contribution in [3.8, 4) is 6.07 Å². The molecule has 0 aromatic heterocycles. The summed E-state index contributed by atoms with van der Waals surface area (Å²) < 4.78 is 0. The van der Waals surface area contributed by atoms with Gasteiger partial charge in [-0.2, -0.15) is 5.26 Å². The number of aliphatic hydroxyl groups excluding tert-OH is 1. The van der Waals surface area contributed by atoms with Crippen molar-refractivity contribution in [1.29, 1.82) is 5.26 Å². The highest BCUT2D eigenvalue weighted by molar-refractivity contribution is 7.99. The largest absolute Gasteiger partial charge is 0.391 e. The summed E-state index contributed by atoms with van der Waals surface area (Å²) in [4.78, 5) is 12.9. The SMILES string of the molecule is CC(C)CC(O)CNC(=O)c1ccccc1SCC#N. The second-order valence-corrected chi connectivity index (χ2v) is 5.95. The third-order valence-corrected chi connectivity index (χ3v) is 3.61. The molecular weight excluding hydrogens is 272 g/mol. The molecule has 4 nitrogen and oxygen atoms in total. The number of thioether (sulfide) groups is 1. The zero-order chi connectivity index (χ0) is 15.0. The second-order valence-electron chi connectivity index (χ2n) is 4.94. The molecule has 20 heavy (non-hydrogen) atoms. The van der Waals surface area contributed by atoms with Crippen molar-refractivity contribution in [3.63, 3.8) is 0 Å². The van der Waals surface area contributed by atoms with Gasteiger partial charge in [0.15, 0.2) is 0 Å². The third kappa shape index (κ3) is 5.64. The highest BCUT2D eigenvalue weighted by Gasteiger charge is 2.13. The molecule has 0 heterocycles. The predicted octanol–water partition coefficient (Wildman–Crippen LogP) is 2.44. The van der Waals surface area contributed by atoms with Crippen LogP contribution in [0.4, 0.5) is 0 Å². The minimum Gasteiger partial charge on any atom is -0.391 e. The number of aliphatic hydroxyl groups is 1. The molecule has 1 rings (SSSR count). The second kappa shape index (κ2) is 8.62. The fraction of sp³-hybridized carbons (Fsp3) is 0.467. The molecule has 0 radical (unpaired) electrons. The number of benzene rings is 1. The first-order valence-electron chi connectivity index (χ1n) is 6.59. The first-order valence-corrected chi connectivity index (χ1v) is 7.58. The monoisotopic (exact) mass is 292 g/mol. The average Bonchev–Trinajstić information content (AvgIpc) is 2.42. The van der Waals surface area contributed by atoms with Gasteiger partial charge in [0, 0.05) is 11.4 Å². The maximum atomic E-state index is 12.1. The van der Waals surface area contributed by atoms with Gasteiger partial charge in [-0.05, 0) is 24.5 Å². The molecule has 0 bridgehead atoms. The summed E-state index contributed by atoms with van der Waals surface area (Å²) in [5.74, 6) is 0.481. The zero-order valence-electron chi connectivity index (χ0n) is 11.8. The molecule has 0 aliphatic heterocycles. The van der Waals surface area contributed by atoms with Gasteiger partial charge in [0.1, 0.15) is 0 Å². The highest BCUT2D eigenvalue weighted by Crippen LogP contribution is 2.22. The van der Waals surface area contributed by atoms with Gasteiger partial charge in [-0.1, -0.05) is 26.0 Å². The van der Waals surface area contributed by atoms with Crippen LogP contribution in [-0.4, -0.2) is 29.4 Å². The number of amides is 1. The van der Waals surface area contributed by atoms with Crippen LogP contribution in [0.3, 0.4) is 0 Å². The molecule has 0 saturated carbocycles. The van der Waals surface area contributed by atoms with Gasteiger partial charge in [-0.15, -0.1) is 11.8 Å². The Hall–Kier alpha value is -1.51. The van der Waals surface area contributed by atoms with Crippen LogP contribution in [-0.2, 0) is 0 Å². The van der Waals surface area contributed by atoms with E-state index in [0.717, 1.165) is 4.90 Å². The first-order chi connectivity index (χ1) is 9.54. The molecular formula is C15H20N2O2S. The molecule has 0 saturated heterocycles. The lowest BCUT2D eigenvalue weighted by Gasteiger charge is -2.14. The minimum atomic E-state index is -0.530. The van der Waals surface area contributed by atoms with Crippen LogP contribution in [0.15, 0.2) is 29.2 Å². The number of nitrogens with one attached hydrogen (secondary N) is 1. The minimum absolute atomic E-state index is 0.214. The van der Waals surface area contributed by atoms with Gasteiger partial charge in [-0.3, -0.25) is 4.79 Å². The number of nitrogens with zero attached hydrogens (tertiary/aromatic N) is 1. The van der Waals surface area contributed by atoms with E-state index >= 15 is 0 Å². The van der Waals surface area contributed by atoms with Gasteiger partial charge in [0.2, 0.25) is 0 Å². The van der Waals surface area contributed by atoms with Gasteiger partial charge < -0.3 is 10.4 Å². The summed E-state index contributed by atoms with van der Waals surface area (Å²) in [6.07, 6.45) is 0.128.